The summed E-state index contributed by atoms with van der Waals surface area (Å²) in [6, 6.07) is 15.1. The molecule has 182 valence electrons. The number of alkyl carbamates (subject to hydrolysis) is 1. The molecule has 0 radical (unpaired) electrons. The quantitative estimate of drug-likeness (QED) is 0.461. The molecule has 1 aliphatic carbocycles. The van der Waals surface area contributed by atoms with Crippen molar-refractivity contribution in [1.82, 2.24) is 15.5 Å². The van der Waals surface area contributed by atoms with Gasteiger partial charge in [0.25, 0.3) is 0 Å². The van der Waals surface area contributed by atoms with Crippen LogP contribution in [0.4, 0.5) is 4.79 Å². The van der Waals surface area contributed by atoms with E-state index in [1.54, 1.807) is 19.0 Å². The van der Waals surface area contributed by atoms with Crippen LogP contribution in [0, 0.1) is 0 Å². The fourth-order valence-electron chi connectivity index (χ4n) is 4.10. The molecule has 0 bridgehead atoms. The first-order valence-corrected chi connectivity index (χ1v) is 11.1. The third-order valence-corrected chi connectivity index (χ3v) is 5.75. The van der Waals surface area contributed by atoms with Crippen LogP contribution in [0.25, 0.3) is 11.1 Å². The maximum Gasteiger partial charge on any atom is 0.407 e. The number of rotatable bonds is 11. The number of methoxy groups -OCH3 is 1. The van der Waals surface area contributed by atoms with Gasteiger partial charge in [-0.3, -0.25) is 4.79 Å². The molecule has 0 saturated heterocycles. The maximum absolute atomic E-state index is 12.3. The fourth-order valence-corrected chi connectivity index (χ4v) is 4.10. The molecular weight excluding hydrogens is 438 g/mol. The number of aliphatic carboxylic acids is 1. The van der Waals surface area contributed by atoms with Crippen LogP contribution in [0.15, 0.2) is 48.5 Å². The second-order valence-corrected chi connectivity index (χ2v) is 8.49. The highest BCUT2D eigenvalue weighted by atomic mass is 16.5. The summed E-state index contributed by atoms with van der Waals surface area (Å²) in [4.78, 5) is 37.6. The molecule has 2 aromatic rings. The second kappa shape index (κ2) is 11.6. The highest BCUT2D eigenvalue weighted by Crippen LogP contribution is 2.44. The molecule has 9 nitrogen and oxygen atoms in total. The van der Waals surface area contributed by atoms with Crippen LogP contribution in [0.5, 0.6) is 0 Å². The number of carboxylic acid groups (broad SMARTS) is 1. The molecule has 2 amide bonds. The van der Waals surface area contributed by atoms with E-state index in [0.717, 1.165) is 22.3 Å². The van der Waals surface area contributed by atoms with Gasteiger partial charge in [-0.15, -0.1) is 0 Å². The van der Waals surface area contributed by atoms with Gasteiger partial charge in [0.2, 0.25) is 5.91 Å². The first-order chi connectivity index (χ1) is 16.3. The number of benzene rings is 2. The van der Waals surface area contributed by atoms with Crippen LogP contribution in [-0.4, -0.2) is 81.0 Å². The fraction of sp³-hybridized carbons (Fsp3) is 0.400. The monoisotopic (exact) mass is 469 g/mol. The van der Waals surface area contributed by atoms with Gasteiger partial charge in [-0.25, -0.2) is 9.59 Å². The molecule has 0 aliphatic heterocycles. The molecule has 0 heterocycles. The minimum atomic E-state index is -1.12. The lowest BCUT2D eigenvalue weighted by atomic mass is 9.98. The van der Waals surface area contributed by atoms with Gasteiger partial charge in [0, 0.05) is 26.1 Å². The lowest BCUT2D eigenvalue weighted by Gasteiger charge is -2.21. The summed E-state index contributed by atoms with van der Waals surface area (Å²) >= 11 is 0. The van der Waals surface area contributed by atoms with Crippen molar-refractivity contribution in [3.8, 4) is 11.1 Å². The topological polar surface area (TPSA) is 117 Å². The standard InChI is InChI=1S/C25H31N3O6/c1-28(2)14-22(24(30)31)27-23(29)12-16(33-3)13-26-25(32)34-15-21-19-10-6-4-8-17(19)18-9-5-7-11-20(18)21/h4-11,16,21-22H,12-15H2,1-3H3,(H,26,32)(H,27,29)(H,30,31). The number of carbonyl (C=O) groups excluding carboxylic acids is 2. The van der Waals surface area contributed by atoms with Gasteiger partial charge >= 0.3 is 12.1 Å². The van der Waals surface area contributed by atoms with Gasteiger partial charge in [0.15, 0.2) is 0 Å². The molecule has 0 spiro atoms. The molecule has 0 fully saturated rings. The lowest BCUT2D eigenvalue weighted by molar-refractivity contribution is -0.142. The maximum atomic E-state index is 12.3. The Labute approximate surface area is 199 Å². The largest absolute Gasteiger partial charge is 0.480 e. The summed E-state index contributed by atoms with van der Waals surface area (Å²) in [5, 5.41) is 14.4. The second-order valence-electron chi connectivity index (χ2n) is 8.49. The normalized spacial score (nSPS) is 14.1. The van der Waals surface area contributed by atoms with E-state index in [-0.39, 0.29) is 32.0 Å². The smallest absolute Gasteiger partial charge is 0.407 e. The Morgan fingerprint density at radius 2 is 1.62 bits per heavy atom. The Hall–Kier alpha value is -3.43. The molecule has 0 aromatic heterocycles. The molecular formula is C25H31N3O6. The number of fused-ring (bicyclic) bond motifs is 3. The van der Waals surface area contributed by atoms with E-state index >= 15 is 0 Å². The first kappa shape index (κ1) is 25.2. The number of nitrogens with one attached hydrogen (secondary N) is 2. The third kappa shape index (κ3) is 6.33. The molecule has 34 heavy (non-hydrogen) atoms. The number of hydrogen-bond acceptors (Lipinski definition) is 6. The summed E-state index contributed by atoms with van der Waals surface area (Å²) in [5.41, 5.74) is 4.53. The van der Waals surface area contributed by atoms with Crippen LogP contribution in [0.1, 0.15) is 23.5 Å². The van der Waals surface area contributed by atoms with Crippen molar-refractivity contribution in [3.05, 3.63) is 59.7 Å². The molecule has 2 atom stereocenters. The number of carbonyl (C=O) groups is 3. The van der Waals surface area contributed by atoms with Crippen molar-refractivity contribution >= 4 is 18.0 Å². The van der Waals surface area contributed by atoms with E-state index in [2.05, 4.69) is 22.8 Å². The van der Waals surface area contributed by atoms with Crippen molar-refractivity contribution in [2.24, 2.45) is 0 Å². The van der Waals surface area contributed by atoms with E-state index in [9.17, 15) is 19.5 Å². The zero-order chi connectivity index (χ0) is 24.7. The van der Waals surface area contributed by atoms with Gasteiger partial charge in [0.05, 0.1) is 12.5 Å². The summed E-state index contributed by atoms with van der Waals surface area (Å²) in [5.74, 6) is -1.64. The zero-order valence-corrected chi connectivity index (χ0v) is 19.6. The van der Waals surface area contributed by atoms with Crippen molar-refractivity contribution in [1.29, 1.82) is 0 Å². The van der Waals surface area contributed by atoms with Gasteiger partial charge in [0.1, 0.15) is 12.6 Å². The summed E-state index contributed by atoms with van der Waals surface area (Å²) in [7, 11) is 4.86. The number of nitrogens with zero attached hydrogens (tertiary/aromatic N) is 1. The molecule has 2 aromatic carbocycles. The summed E-state index contributed by atoms with van der Waals surface area (Å²) in [6.07, 6.45) is -1.34. The predicted octanol–water partition coefficient (Wildman–Crippen LogP) is 2.06. The molecule has 3 rings (SSSR count). The van der Waals surface area contributed by atoms with E-state index in [1.165, 1.54) is 7.11 Å². The van der Waals surface area contributed by atoms with Crippen molar-refractivity contribution in [2.45, 2.75) is 24.5 Å². The van der Waals surface area contributed by atoms with Crippen LogP contribution in [0.3, 0.4) is 0 Å². The average molecular weight is 470 g/mol. The van der Waals surface area contributed by atoms with E-state index in [4.69, 9.17) is 9.47 Å². The van der Waals surface area contributed by atoms with Crippen LogP contribution >= 0.6 is 0 Å². The average Bonchev–Trinajstić information content (AvgIpc) is 3.13. The number of likely N-dealkylation sites (N-methyl/N-ethyl adjacent to an activating group) is 1. The number of amides is 2. The molecule has 1 aliphatic rings. The number of hydrogen-bond donors (Lipinski definition) is 3. The summed E-state index contributed by atoms with van der Waals surface area (Å²) < 4.78 is 10.8. The van der Waals surface area contributed by atoms with E-state index < -0.39 is 30.1 Å². The zero-order valence-electron chi connectivity index (χ0n) is 19.6. The molecule has 2 unspecified atom stereocenters. The SMILES string of the molecule is COC(CNC(=O)OCC1c2ccccc2-c2ccccc21)CC(=O)NC(CN(C)C)C(=O)O. The minimum absolute atomic E-state index is 0.0476. The Morgan fingerprint density at radius 1 is 1.03 bits per heavy atom. The lowest BCUT2D eigenvalue weighted by Crippen LogP contribution is -2.48. The molecule has 9 heteroatoms. The highest BCUT2D eigenvalue weighted by molar-refractivity contribution is 5.84. The number of carboxylic acids is 1. The van der Waals surface area contributed by atoms with Crippen LogP contribution < -0.4 is 10.6 Å². The Kier molecular flexibility index (Phi) is 8.61. The Morgan fingerprint density at radius 3 is 2.15 bits per heavy atom. The van der Waals surface area contributed by atoms with Gasteiger partial charge in [-0.1, -0.05) is 48.5 Å². The van der Waals surface area contributed by atoms with Crippen molar-refractivity contribution in [2.75, 3.05) is 40.9 Å². The highest BCUT2D eigenvalue weighted by Gasteiger charge is 2.29. The van der Waals surface area contributed by atoms with Gasteiger partial charge in [-0.05, 0) is 36.3 Å². The molecule has 0 saturated carbocycles. The van der Waals surface area contributed by atoms with Crippen molar-refractivity contribution in [3.63, 3.8) is 0 Å². The van der Waals surface area contributed by atoms with E-state index in [0.29, 0.717) is 0 Å². The van der Waals surface area contributed by atoms with Crippen molar-refractivity contribution < 1.29 is 29.0 Å². The van der Waals surface area contributed by atoms with Crippen LogP contribution in [-0.2, 0) is 19.1 Å². The molecule has 3 N–H and O–H groups in total. The van der Waals surface area contributed by atoms with Gasteiger partial charge in [-0.2, -0.15) is 0 Å². The Bertz CT molecular complexity index is 980. The Balaban J connectivity index is 1.50. The van der Waals surface area contributed by atoms with Gasteiger partial charge < -0.3 is 30.1 Å². The predicted molar refractivity (Wildman–Crippen MR) is 127 cm³/mol. The number of ether oxygens (including phenoxy) is 2. The summed E-state index contributed by atoms with van der Waals surface area (Å²) in [6.45, 7) is 0.394. The third-order valence-electron chi connectivity index (χ3n) is 5.75. The first-order valence-electron chi connectivity index (χ1n) is 11.1. The minimum Gasteiger partial charge on any atom is -0.480 e. The van der Waals surface area contributed by atoms with Crippen LogP contribution in [0.2, 0.25) is 0 Å². The van der Waals surface area contributed by atoms with E-state index in [1.807, 2.05) is 36.4 Å².